The van der Waals surface area contributed by atoms with E-state index in [2.05, 4.69) is 6.92 Å². The van der Waals surface area contributed by atoms with Gasteiger partial charge in [-0.1, -0.05) is 51.2 Å². The van der Waals surface area contributed by atoms with E-state index in [4.69, 9.17) is 0 Å². The molecule has 0 fully saturated rings. The number of thiophene rings is 1. The molecule has 3 nitrogen and oxygen atoms in total. The van der Waals surface area contributed by atoms with Crippen molar-refractivity contribution in [3.8, 4) is 0 Å². The molecular weight excluding hydrogens is 342 g/mol. The molecule has 3 rings (SSSR count). The van der Waals surface area contributed by atoms with E-state index in [-0.39, 0.29) is 11.8 Å². The maximum Gasteiger partial charge on any atom is 0.267 e. The van der Waals surface area contributed by atoms with Crippen LogP contribution >= 0.6 is 11.3 Å². The fourth-order valence-corrected chi connectivity index (χ4v) is 4.71. The molecule has 4 heteroatoms. The van der Waals surface area contributed by atoms with Crippen molar-refractivity contribution in [3.63, 3.8) is 0 Å². The second-order valence-corrected chi connectivity index (χ2v) is 8.52. The number of hydrogen-bond donors (Lipinski definition) is 0. The van der Waals surface area contributed by atoms with Crippen molar-refractivity contribution in [3.05, 3.63) is 50.7 Å². The van der Waals surface area contributed by atoms with Crippen molar-refractivity contribution in [1.82, 2.24) is 0 Å². The molecule has 1 aliphatic rings. The fraction of sp³-hybridized carbons (Fsp3) is 0.455. The van der Waals surface area contributed by atoms with Crippen molar-refractivity contribution in [2.45, 2.75) is 65.7 Å². The molecule has 0 aliphatic carbocycles. The number of aryl methyl sites for hydroxylation is 3. The number of imide groups is 1. The van der Waals surface area contributed by atoms with E-state index in [0.29, 0.717) is 16.8 Å². The Hall–Kier alpha value is -1.94. The molecule has 0 N–H and O–H groups in total. The van der Waals surface area contributed by atoms with Gasteiger partial charge in [-0.3, -0.25) is 9.59 Å². The van der Waals surface area contributed by atoms with Gasteiger partial charge in [0.2, 0.25) is 0 Å². The minimum absolute atomic E-state index is 0.185. The van der Waals surface area contributed by atoms with Crippen LogP contribution < -0.4 is 4.90 Å². The summed E-state index contributed by atoms with van der Waals surface area (Å²) in [5.41, 5.74) is 3.12. The van der Waals surface area contributed by atoms with E-state index in [1.807, 2.05) is 38.1 Å². The summed E-state index contributed by atoms with van der Waals surface area (Å²) >= 11 is 1.53. The molecule has 2 amide bonds. The van der Waals surface area contributed by atoms with Crippen LogP contribution in [0.4, 0.5) is 5.69 Å². The van der Waals surface area contributed by atoms with E-state index >= 15 is 0 Å². The first-order chi connectivity index (χ1) is 12.5. The van der Waals surface area contributed by atoms with Gasteiger partial charge in [0.15, 0.2) is 0 Å². The molecule has 0 saturated carbocycles. The third kappa shape index (κ3) is 3.61. The average molecular weight is 370 g/mol. The van der Waals surface area contributed by atoms with Gasteiger partial charge in [0.25, 0.3) is 11.8 Å². The Balaban J connectivity index is 1.63. The van der Waals surface area contributed by atoms with Gasteiger partial charge >= 0.3 is 0 Å². The van der Waals surface area contributed by atoms with Gasteiger partial charge < -0.3 is 0 Å². The highest BCUT2D eigenvalue weighted by Gasteiger charge is 2.40. The fourth-order valence-electron chi connectivity index (χ4n) is 3.67. The number of amides is 2. The normalized spacial score (nSPS) is 13.6. The van der Waals surface area contributed by atoms with Crippen LogP contribution in [0, 0.1) is 13.8 Å². The summed E-state index contributed by atoms with van der Waals surface area (Å²) in [6, 6.07) is 7.91. The molecule has 26 heavy (non-hydrogen) atoms. The topological polar surface area (TPSA) is 37.4 Å². The molecule has 1 aromatic carbocycles. The van der Waals surface area contributed by atoms with Crippen LogP contribution in [0.2, 0.25) is 0 Å². The lowest BCUT2D eigenvalue weighted by molar-refractivity contribution is 0.0926. The van der Waals surface area contributed by atoms with Crippen LogP contribution in [-0.2, 0) is 6.42 Å². The average Bonchev–Trinajstić information content (AvgIpc) is 3.07. The van der Waals surface area contributed by atoms with Crippen LogP contribution in [0.1, 0.15) is 81.5 Å². The molecule has 0 radical (unpaired) electrons. The summed E-state index contributed by atoms with van der Waals surface area (Å²) in [6.07, 6.45) is 8.77. The Morgan fingerprint density at radius 2 is 1.35 bits per heavy atom. The number of anilines is 1. The third-order valence-electron chi connectivity index (χ3n) is 5.11. The summed E-state index contributed by atoms with van der Waals surface area (Å²) in [4.78, 5) is 28.7. The van der Waals surface area contributed by atoms with Crippen molar-refractivity contribution < 1.29 is 9.59 Å². The molecule has 1 aliphatic heterocycles. The zero-order valence-electron chi connectivity index (χ0n) is 15.9. The second-order valence-electron chi connectivity index (χ2n) is 7.09. The summed E-state index contributed by atoms with van der Waals surface area (Å²) in [5, 5.41) is 0. The standard InChI is InChI=1S/C22H27NO2S/c1-4-5-6-7-8-9-10-17-11-13-18(14-12-17)23-21(24)19-15(2)26-16(3)20(19)22(23)25/h11-14H,4-10H2,1-3H3. The Morgan fingerprint density at radius 3 is 1.92 bits per heavy atom. The number of unbranched alkanes of at least 4 members (excludes halogenated alkanes) is 5. The monoisotopic (exact) mass is 369 g/mol. The number of benzene rings is 1. The van der Waals surface area contributed by atoms with Crippen molar-refractivity contribution in [1.29, 1.82) is 0 Å². The van der Waals surface area contributed by atoms with Gasteiger partial charge in [0, 0.05) is 9.75 Å². The first-order valence-electron chi connectivity index (χ1n) is 9.62. The number of hydrogen-bond acceptors (Lipinski definition) is 3. The largest absolute Gasteiger partial charge is 0.268 e. The number of carbonyl (C=O) groups is 2. The smallest absolute Gasteiger partial charge is 0.267 e. The lowest BCUT2D eigenvalue weighted by Crippen LogP contribution is -2.29. The first-order valence-corrected chi connectivity index (χ1v) is 10.4. The highest BCUT2D eigenvalue weighted by molar-refractivity contribution is 7.12. The van der Waals surface area contributed by atoms with Gasteiger partial charge in [-0.15, -0.1) is 11.3 Å². The predicted octanol–water partition coefficient (Wildman–Crippen LogP) is 6.07. The number of carbonyl (C=O) groups excluding carboxylic acids is 2. The van der Waals surface area contributed by atoms with Crippen molar-refractivity contribution in [2.75, 3.05) is 4.90 Å². The lowest BCUT2D eigenvalue weighted by Gasteiger charge is -2.15. The SMILES string of the molecule is CCCCCCCCc1ccc(N2C(=O)c3c(C)sc(C)c3C2=O)cc1. The molecule has 0 bridgehead atoms. The maximum absolute atomic E-state index is 12.7. The van der Waals surface area contributed by atoms with Gasteiger partial charge in [0.1, 0.15) is 0 Å². The summed E-state index contributed by atoms with van der Waals surface area (Å²) < 4.78 is 0. The molecule has 1 aromatic heterocycles. The zero-order valence-corrected chi connectivity index (χ0v) is 16.7. The first kappa shape index (κ1) is 18.8. The number of nitrogens with zero attached hydrogens (tertiary/aromatic N) is 1. The van der Waals surface area contributed by atoms with Crippen LogP contribution in [0.15, 0.2) is 24.3 Å². The van der Waals surface area contributed by atoms with E-state index < -0.39 is 0 Å². The zero-order chi connectivity index (χ0) is 18.7. The minimum Gasteiger partial charge on any atom is -0.268 e. The van der Waals surface area contributed by atoms with Crippen molar-refractivity contribution >= 4 is 28.8 Å². The predicted molar refractivity (Wildman–Crippen MR) is 108 cm³/mol. The quantitative estimate of drug-likeness (QED) is 0.418. The van der Waals surface area contributed by atoms with Gasteiger partial charge in [0.05, 0.1) is 16.8 Å². The Kier molecular flexibility index (Phi) is 5.92. The minimum atomic E-state index is -0.185. The molecule has 2 heterocycles. The summed E-state index contributed by atoms with van der Waals surface area (Å²) in [7, 11) is 0. The van der Waals surface area contributed by atoms with Crippen LogP contribution in [0.3, 0.4) is 0 Å². The van der Waals surface area contributed by atoms with E-state index in [1.165, 1.54) is 60.3 Å². The van der Waals surface area contributed by atoms with Gasteiger partial charge in [-0.2, -0.15) is 0 Å². The highest BCUT2D eigenvalue weighted by Crippen LogP contribution is 2.36. The van der Waals surface area contributed by atoms with Gasteiger partial charge in [-0.05, 0) is 44.4 Å². The van der Waals surface area contributed by atoms with Crippen LogP contribution in [0.5, 0.6) is 0 Å². The third-order valence-corrected chi connectivity index (χ3v) is 6.13. The Morgan fingerprint density at radius 1 is 0.808 bits per heavy atom. The summed E-state index contributed by atoms with van der Waals surface area (Å²) in [5.74, 6) is -0.369. The van der Waals surface area contributed by atoms with Crippen LogP contribution in [-0.4, -0.2) is 11.8 Å². The van der Waals surface area contributed by atoms with E-state index in [9.17, 15) is 9.59 Å². The molecule has 2 aromatic rings. The summed E-state index contributed by atoms with van der Waals surface area (Å²) in [6.45, 7) is 6.06. The lowest BCUT2D eigenvalue weighted by atomic mass is 10.0. The second kappa shape index (κ2) is 8.17. The molecule has 0 unspecified atom stereocenters. The number of rotatable bonds is 8. The van der Waals surface area contributed by atoms with Gasteiger partial charge in [-0.25, -0.2) is 4.90 Å². The molecule has 0 atom stereocenters. The van der Waals surface area contributed by atoms with E-state index in [0.717, 1.165) is 16.2 Å². The van der Waals surface area contributed by atoms with Crippen LogP contribution in [0.25, 0.3) is 0 Å². The Bertz CT molecular complexity index is 768. The maximum atomic E-state index is 12.7. The molecule has 0 saturated heterocycles. The molecule has 0 spiro atoms. The highest BCUT2D eigenvalue weighted by atomic mass is 32.1. The number of fused-ring (bicyclic) bond motifs is 1. The molecule has 138 valence electrons. The van der Waals surface area contributed by atoms with E-state index in [1.54, 1.807) is 0 Å². The Labute approximate surface area is 160 Å². The molecular formula is C22H27NO2S. The van der Waals surface area contributed by atoms with Crippen molar-refractivity contribution in [2.24, 2.45) is 0 Å².